The summed E-state index contributed by atoms with van der Waals surface area (Å²) in [5, 5.41) is 9.65. The van der Waals surface area contributed by atoms with Crippen molar-refractivity contribution in [3.05, 3.63) is 35.8 Å². The highest BCUT2D eigenvalue weighted by Crippen LogP contribution is 2.14. The fraction of sp³-hybridized carbons (Fsp3) is 0.100. The van der Waals surface area contributed by atoms with E-state index in [4.69, 9.17) is 5.26 Å². The summed E-state index contributed by atoms with van der Waals surface area (Å²) in [6.45, 7) is 1.92. The first kappa shape index (κ1) is 7.69. The van der Waals surface area contributed by atoms with Gasteiger partial charge in [0, 0.05) is 17.3 Å². The van der Waals surface area contributed by atoms with Gasteiger partial charge in [0.15, 0.2) is 0 Å². The number of fused-ring (bicyclic) bond motifs is 1. The van der Waals surface area contributed by atoms with Crippen molar-refractivity contribution >= 4 is 10.9 Å². The minimum Gasteiger partial charge on any atom is -0.261 e. The molecule has 0 aliphatic rings. The van der Waals surface area contributed by atoms with E-state index in [0.717, 1.165) is 16.6 Å². The van der Waals surface area contributed by atoms with Gasteiger partial charge in [-0.2, -0.15) is 5.26 Å². The molecule has 0 saturated heterocycles. The van der Waals surface area contributed by atoms with Crippen LogP contribution in [0.15, 0.2) is 24.5 Å². The second-order valence-corrected chi connectivity index (χ2v) is 2.82. The molecule has 2 aromatic rings. The quantitative estimate of drug-likeness (QED) is 0.604. The average molecular weight is 169 g/mol. The molecule has 0 bridgehead atoms. The summed E-state index contributed by atoms with van der Waals surface area (Å²) < 4.78 is 0. The lowest BCUT2D eigenvalue weighted by atomic mass is 10.1. The number of rotatable bonds is 0. The standard InChI is InChI=1S/C10H7N3/c1-7-2-3-9-8(4-11)5-12-6-10(9)13-7/h2-3,5-6H,1H3. The first-order valence-electron chi connectivity index (χ1n) is 3.93. The minimum absolute atomic E-state index is 0.574. The molecule has 3 heteroatoms. The molecule has 13 heavy (non-hydrogen) atoms. The van der Waals surface area contributed by atoms with E-state index >= 15 is 0 Å². The molecule has 0 aromatic carbocycles. The Kier molecular flexibility index (Phi) is 1.67. The van der Waals surface area contributed by atoms with Crippen molar-refractivity contribution in [2.45, 2.75) is 6.92 Å². The summed E-state index contributed by atoms with van der Waals surface area (Å²) in [5.74, 6) is 0. The Morgan fingerprint density at radius 3 is 2.92 bits per heavy atom. The third kappa shape index (κ3) is 1.23. The van der Waals surface area contributed by atoms with Crippen LogP contribution in [0.25, 0.3) is 10.9 Å². The Hall–Kier alpha value is -1.95. The summed E-state index contributed by atoms with van der Waals surface area (Å²) in [5.41, 5.74) is 2.29. The molecule has 0 atom stereocenters. The van der Waals surface area contributed by atoms with E-state index < -0.39 is 0 Å². The monoisotopic (exact) mass is 169 g/mol. The van der Waals surface area contributed by atoms with E-state index in [1.54, 1.807) is 12.4 Å². The molecular formula is C10H7N3. The van der Waals surface area contributed by atoms with Crippen LogP contribution in [-0.2, 0) is 0 Å². The zero-order chi connectivity index (χ0) is 9.26. The van der Waals surface area contributed by atoms with Crippen molar-refractivity contribution < 1.29 is 0 Å². The summed E-state index contributed by atoms with van der Waals surface area (Å²) >= 11 is 0. The SMILES string of the molecule is Cc1ccc2c(C#N)cncc2n1. The number of hydrogen-bond acceptors (Lipinski definition) is 3. The van der Waals surface area contributed by atoms with Gasteiger partial charge in [-0.3, -0.25) is 9.97 Å². The molecule has 3 nitrogen and oxygen atoms in total. The van der Waals surface area contributed by atoms with E-state index in [2.05, 4.69) is 16.0 Å². The zero-order valence-corrected chi connectivity index (χ0v) is 7.15. The predicted octanol–water partition coefficient (Wildman–Crippen LogP) is 1.81. The third-order valence-electron chi connectivity index (χ3n) is 1.88. The normalized spacial score (nSPS) is 9.85. The Labute approximate surface area is 75.7 Å². The van der Waals surface area contributed by atoms with E-state index in [0.29, 0.717) is 5.56 Å². The summed E-state index contributed by atoms with van der Waals surface area (Å²) in [6, 6.07) is 5.88. The van der Waals surface area contributed by atoms with Gasteiger partial charge >= 0.3 is 0 Å². The molecule has 0 fully saturated rings. The average Bonchev–Trinajstić information content (AvgIpc) is 2.16. The molecule has 0 aliphatic carbocycles. The lowest BCUT2D eigenvalue weighted by molar-refractivity contribution is 1.22. The first-order valence-corrected chi connectivity index (χ1v) is 3.93. The predicted molar refractivity (Wildman–Crippen MR) is 49.0 cm³/mol. The molecule has 0 spiro atoms. The topological polar surface area (TPSA) is 49.6 Å². The van der Waals surface area contributed by atoms with E-state index in [-0.39, 0.29) is 0 Å². The maximum absolute atomic E-state index is 8.79. The van der Waals surface area contributed by atoms with Crippen LogP contribution in [0.2, 0.25) is 0 Å². The highest BCUT2D eigenvalue weighted by atomic mass is 14.7. The van der Waals surface area contributed by atoms with Gasteiger partial charge in [0.1, 0.15) is 6.07 Å². The maximum atomic E-state index is 8.79. The van der Waals surface area contributed by atoms with Crippen molar-refractivity contribution in [3.8, 4) is 6.07 Å². The highest BCUT2D eigenvalue weighted by Gasteiger charge is 2.00. The number of pyridine rings is 2. The first-order chi connectivity index (χ1) is 6.31. The largest absolute Gasteiger partial charge is 0.261 e. The highest BCUT2D eigenvalue weighted by molar-refractivity contribution is 5.83. The molecule has 2 heterocycles. The van der Waals surface area contributed by atoms with Gasteiger partial charge in [-0.25, -0.2) is 0 Å². The van der Waals surface area contributed by atoms with Crippen LogP contribution in [0.3, 0.4) is 0 Å². The smallest absolute Gasteiger partial charge is 0.101 e. The Balaban J connectivity index is 2.87. The van der Waals surface area contributed by atoms with Crippen LogP contribution in [0.1, 0.15) is 11.3 Å². The van der Waals surface area contributed by atoms with Crippen LogP contribution >= 0.6 is 0 Å². The van der Waals surface area contributed by atoms with Crippen molar-refractivity contribution in [2.24, 2.45) is 0 Å². The summed E-state index contributed by atoms with van der Waals surface area (Å²) in [4.78, 5) is 8.21. The molecule has 0 saturated carbocycles. The van der Waals surface area contributed by atoms with Gasteiger partial charge in [0.05, 0.1) is 17.3 Å². The van der Waals surface area contributed by atoms with E-state index in [9.17, 15) is 0 Å². The summed E-state index contributed by atoms with van der Waals surface area (Å²) in [7, 11) is 0. The van der Waals surface area contributed by atoms with Crippen molar-refractivity contribution in [3.63, 3.8) is 0 Å². The van der Waals surface area contributed by atoms with Crippen molar-refractivity contribution in [1.29, 1.82) is 5.26 Å². The number of hydrogen-bond donors (Lipinski definition) is 0. The zero-order valence-electron chi connectivity index (χ0n) is 7.15. The number of nitriles is 1. The number of aryl methyl sites for hydroxylation is 1. The fourth-order valence-corrected chi connectivity index (χ4v) is 1.24. The Morgan fingerprint density at radius 1 is 1.31 bits per heavy atom. The molecule has 2 aromatic heterocycles. The Morgan fingerprint density at radius 2 is 2.15 bits per heavy atom. The van der Waals surface area contributed by atoms with Crippen LogP contribution < -0.4 is 0 Å². The molecule has 0 N–H and O–H groups in total. The number of aromatic nitrogens is 2. The van der Waals surface area contributed by atoms with Gasteiger partial charge in [-0.1, -0.05) is 0 Å². The molecule has 2 rings (SSSR count). The van der Waals surface area contributed by atoms with Crippen LogP contribution in [-0.4, -0.2) is 9.97 Å². The summed E-state index contributed by atoms with van der Waals surface area (Å²) in [6.07, 6.45) is 3.22. The van der Waals surface area contributed by atoms with Crippen molar-refractivity contribution in [1.82, 2.24) is 9.97 Å². The van der Waals surface area contributed by atoms with Crippen molar-refractivity contribution in [2.75, 3.05) is 0 Å². The lowest BCUT2D eigenvalue weighted by Crippen LogP contribution is -1.87. The molecule has 0 aliphatic heterocycles. The van der Waals surface area contributed by atoms with Crippen LogP contribution in [0, 0.1) is 18.3 Å². The van der Waals surface area contributed by atoms with E-state index in [1.165, 1.54) is 0 Å². The Bertz CT molecular complexity index is 497. The van der Waals surface area contributed by atoms with Gasteiger partial charge in [-0.15, -0.1) is 0 Å². The van der Waals surface area contributed by atoms with Gasteiger partial charge in [0.25, 0.3) is 0 Å². The molecule has 0 radical (unpaired) electrons. The third-order valence-corrected chi connectivity index (χ3v) is 1.88. The van der Waals surface area contributed by atoms with Crippen LogP contribution in [0.4, 0.5) is 0 Å². The second-order valence-electron chi connectivity index (χ2n) is 2.82. The molecule has 0 unspecified atom stereocenters. The minimum atomic E-state index is 0.574. The second kappa shape index (κ2) is 2.83. The van der Waals surface area contributed by atoms with Gasteiger partial charge < -0.3 is 0 Å². The van der Waals surface area contributed by atoms with E-state index in [1.807, 2.05) is 19.1 Å². The maximum Gasteiger partial charge on any atom is 0.101 e. The van der Waals surface area contributed by atoms with Gasteiger partial charge in [0.2, 0.25) is 0 Å². The lowest BCUT2D eigenvalue weighted by Gasteiger charge is -1.98. The van der Waals surface area contributed by atoms with Gasteiger partial charge in [-0.05, 0) is 19.1 Å². The van der Waals surface area contributed by atoms with Crippen LogP contribution in [0.5, 0.6) is 0 Å². The molecule has 0 amide bonds. The molecule has 62 valence electrons. The number of nitrogens with zero attached hydrogens (tertiary/aromatic N) is 3. The molecular weight excluding hydrogens is 162 g/mol. The fourth-order valence-electron chi connectivity index (χ4n) is 1.24.